The number of rotatable bonds is 4. The molecule has 0 aliphatic rings. The molecule has 0 radical (unpaired) electrons. The van der Waals surface area contributed by atoms with Crippen LogP contribution in [0.5, 0.6) is 0 Å². The third kappa shape index (κ3) is 3.85. The predicted octanol–water partition coefficient (Wildman–Crippen LogP) is 5.14. The van der Waals surface area contributed by atoms with Crippen LogP contribution in [-0.2, 0) is 0 Å². The van der Waals surface area contributed by atoms with Gasteiger partial charge in [-0.05, 0) is 54.1 Å². The number of nitrogens with zero attached hydrogens (tertiary/aromatic N) is 4. The molecule has 0 aliphatic carbocycles. The Balaban J connectivity index is 1.90. The van der Waals surface area contributed by atoms with Gasteiger partial charge in [0.2, 0.25) is 0 Å². The van der Waals surface area contributed by atoms with Crippen LogP contribution in [0.2, 0.25) is 0 Å². The SMILES string of the molecule is N#CC(c1ccccc1)c1nc(-c2ccc(F)cc2)nnc1-c1ccc(F)cc1. The van der Waals surface area contributed by atoms with Crippen LogP contribution in [-0.4, -0.2) is 15.2 Å². The lowest BCUT2D eigenvalue weighted by Gasteiger charge is -2.14. The van der Waals surface area contributed by atoms with Crippen molar-refractivity contribution < 1.29 is 8.78 Å². The Morgan fingerprint density at radius 2 is 1.31 bits per heavy atom. The predicted molar refractivity (Wildman–Crippen MR) is 105 cm³/mol. The van der Waals surface area contributed by atoms with Gasteiger partial charge in [0.25, 0.3) is 0 Å². The highest BCUT2D eigenvalue weighted by Gasteiger charge is 2.23. The summed E-state index contributed by atoms with van der Waals surface area (Å²) < 4.78 is 26.6. The molecule has 0 aliphatic heterocycles. The van der Waals surface area contributed by atoms with Gasteiger partial charge in [0, 0.05) is 11.1 Å². The summed E-state index contributed by atoms with van der Waals surface area (Å²) in [4.78, 5) is 4.61. The zero-order chi connectivity index (χ0) is 20.2. The molecule has 0 amide bonds. The van der Waals surface area contributed by atoms with Gasteiger partial charge in [-0.25, -0.2) is 13.8 Å². The van der Waals surface area contributed by atoms with Gasteiger partial charge in [-0.1, -0.05) is 30.3 Å². The van der Waals surface area contributed by atoms with Gasteiger partial charge in [0.15, 0.2) is 5.82 Å². The van der Waals surface area contributed by atoms with Crippen LogP contribution < -0.4 is 0 Å². The maximum atomic E-state index is 13.4. The Kier molecular flexibility index (Phi) is 5.04. The number of aromatic nitrogens is 3. The fraction of sp³-hybridized carbons (Fsp3) is 0.0435. The highest BCUT2D eigenvalue weighted by atomic mass is 19.1. The molecule has 1 unspecified atom stereocenters. The molecule has 6 heteroatoms. The largest absolute Gasteiger partial charge is 0.227 e. The van der Waals surface area contributed by atoms with E-state index >= 15 is 0 Å². The van der Waals surface area contributed by atoms with Crippen LogP contribution in [0.1, 0.15) is 17.2 Å². The van der Waals surface area contributed by atoms with Crippen molar-refractivity contribution >= 4 is 0 Å². The molecule has 140 valence electrons. The standard InChI is InChI=1S/C23H14F2N4/c24-18-10-6-16(7-11-18)21-22(20(14-26)15-4-2-1-3-5-15)27-23(29-28-21)17-8-12-19(25)13-9-17/h1-13,20H. The first-order valence-electron chi connectivity index (χ1n) is 8.87. The van der Waals surface area contributed by atoms with Crippen molar-refractivity contribution in [2.45, 2.75) is 5.92 Å². The van der Waals surface area contributed by atoms with Crippen LogP contribution in [0, 0.1) is 23.0 Å². The Labute approximate surface area is 166 Å². The molecule has 0 saturated heterocycles. The van der Waals surface area contributed by atoms with Crippen molar-refractivity contribution in [3.05, 3.63) is 102 Å². The second kappa shape index (κ2) is 7.95. The molecule has 0 spiro atoms. The fourth-order valence-electron chi connectivity index (χ4n) is 3.01. The van der Waals surface area contributed by atoms with Crippen LogP contribution in [0.15, 0.2) is 78.9 Å². The van der Waals surface area contributed by atoms with E-state index in [-0.39, 0.29) is 17.5 Å². The molecule has 29 heavy (non-hydrogen) atoms. The van der Waals surface area contributed by atoms with E-state index in [1.54, 1.807) is 24.3 Å². The van der Waals surface area contributed by atoms with E-state index in [1.165, 1.54) is 24.3 Å². The van der Waals surface area contributed by atoms with Gasteiger partial charge in [-0.2, -0.15) is 5.26 Å². The normalized spacial score (nSPS) is 11.6. The van der Waals surface area contributed by atoms with E-state index in [1.807, 2.05) is 30.3 Å². The van der Waals surface area contributed by atoms with Gasteiger partial charge in [-0.3, -0.25) is 0 Å². The summed E-state index contributed by atoms with van der Waals surface area (Å²) in [5, 5.41) is 18.4. The molecule has 4 rings (SSSR count). The van der Waals surface area contributed by atoms with Crippen molar-refractivity contribution in [3.63, 3.8) is 0 Å². The van der Waals surface area contributed by atoms with Crippen molar-refractivity contribution in [1.82, 2.24) is 15.2 Å². The zero-order valence-corrected chi connectivity index (χ0v) is 15.1. The zero-order valence-electron chi connectivity index (χ0n) is 15.1. The summed E-state index contributed by atoms with van der Waals surface area (Å²) in [7, 11) is 0. The first-order chi connectivity index (χ1) is 14.2. The number of hydrogen-bond acceptors (Lipinski definition) is 4. The van der Waals surface area contributed by atoms with E-state index in [2.05, 4.69) is 21.3 Å². The molecule has 0 fully saturated rings. The molecular weight excluding hydrogens is 370 g/mol. The van der Waals surface area contributed by atoms with Crippen molar-refractivity contribution in [1.29, 1.82) is 5.26 Å². The van der Waals surface area contributed by atoms with Gasteiger partial charge >= 0.3 is 0 Å². The summed E-state index contributed by atoms with van der Waals surface area (Å²) in [5.41, 5.74) is 2.73. The summed E-state index contributed by atoms with van der Waals surface area (Å²) in [6, 6.07) is 23.0. The lowest BCUT2D eigenvalue weighted by Crippen LogP contribution is -2.08. The number of nitriles is 1. The molecule has 1 aromatic heterocycles. The summed E-state index contributed by atoms with van der Waals surface area (Å²) >= 11 is 0. The van der Waals surface area contributed by atoms with Gasteiger partial charge in [0.05, 0.1) is 11.8 Å². The maximum absolute atomic E-state index is 13.4. The van der Waals surface area contributed by atoms with Crippen molar-refractivity contribution in [2.24, 2.45) is 0 Å². The van der Waals surface area contributed by atoms with Crippen LogP contribution >= 0.6 is 0 Å². The van der Waals surface area contributed by atoms with Gasteiger partial charge < -0.3 is 0 Å². The van der Waals surface area contributed by atoms with Crippen LogP contribution in [0.4, 0.5) is 8.78 Å². The third-order valence-electron chi connectivity index (χ3n) is 4.47. The first-order valence-corrected chi connectivity index (χ1v) is 8.87. The fourth-order valence-corrected chi connectivity index (χ4v) is 3.01. The van der Waals surface area contributed by atoms with Gasteiger partial charge in [0.1, 0.15) is 23.2 Å². The van der Waals surface area contributed by atoms with Gasteiger partial charge in [-0.15, -0.1) is 10.2 Å². The molecule has 3 aromatic carbocycles. The van der Waals surface area contributed by atoms with Crippen LogP contribution in [0.3, 0.4) is 0 Å². The summed E-state index contributed by atoms with van der Waals surface area (Å²) in [5.74, 6) is -1.17. The molecule has 4 nitrogen and oxygen atoms in total. The summed E-state index contributed by atoms with van der Waals surface area (Å²) in [6.07, 6.45) is 0. The topological polar surface area (TPSA) is 62.5 Å². The van der Waals surface area contributed by atoms with Crippen molar-refractivity contribution in [2.75, 3.05) is 0 Å². The smallest absolute Gasteiger partial charge is 0.182 e. The Bertz CT molecular complexity index is 1170. The summed E-state index contributed by atoms with van der Waals surface area (Å²) in [6.45, 7) is 0. The monoisotopic (exact) mass is 384 g/mol. The Morgan fingerprint density at radius 3 is 1.90 bits per heavy atom. The highest BCUT2D eigenvalue weighted by molar-refractivity contribution is 5.65. The second-order valence-electron chi connectivity index (χ2n) is 6.36. The Morgan fingerprint density at radius 1 is 0.724 bits per heavy atom. The molecular formula is C23H14F2N4. The Hall–Kier alpha value is -3.98. The molecule has 4 aromatic rings. The molecule has 1 atom stereocenters. The van der Waals surface area contributed by atoms with E-state index in [4.69, 9.17) is 0 Å². The van der Waals surface area contributed by atoms with Crippen LogP contribution in [0.25, 0.3) is 22.6 Å². The minimum atomic E-state index is -0.703. The van der Waals surface area contributed by atoms with E-state index in [0.717, 1.165) is 5.56 Å². The lowest BCUT2D eigenvalue weighted by atomic mass is 9.93. The minimum absolute atomic E-state index is 0.280. The molecule has 0 bridgehead atoms. The molecule has 0 N–H and O–H groups in total. The maximum Gasteiger partial charge on any atom is 0.182 e. The van der Waals surface area contributed by atoms with E-state index in [0.29, 0.717) is 22.5 Å². The second-order valence-corrected chi connectivity index (χ2v) is 6.36. The third-order valence-corrected chi connectivity index (χ3v) is 4.47. The van der Waals surface area contributed by atoms with E-state index in [9.17, 15) is 14.0 Å². The molecule has 0 saturated carbocycles. The quantitative estimate of drug-likeness (QED) is 0.489. The average Bonchev–Trinajstić information content (AvgIpc) is 2.76. The minimum Gasteiger partial charge on any atom is -0.227 e. The highest BCUT2D eigenvalue weighted by Crippen LogP contribution is 2.31. The number of benzene rings is 3. The number of halogens is 2. The van der Waals surface area contributed by atoms with Crippen molar-refractivity contribution in [3.8, 4) is 28.7 Å². The lowest BCUT2D eigenvalue weighted by molar-refractivity contribution is 0.627. The molecule has 1 heterocycles. The average molecular weight is 384 g/mol. The first kappa shape index (κ1) is 18.4. The van der Waals surface area contributed by atoms with E-state index < -0.39 is 5.92 Å². The number of hydrogen-bond donors (Lipinski definition) is 0.